The molecule has 0 saturated carbocycles. The van der Waals surface area contributed by atoms with E-state index in [-0.39, 0.29) is 28.4 Å². The van der Waals surface area contributed by atoms with Crippen molar-refractivity contribution >= 4 is 16.9 Å². The van der Waals surface area contributed by atoms with E-state index in [0.717, 1.165) is 51.4 Å². The first-order valence-corrected chi connectivity index (χ1v) is 14.6. The fourth-order valence-electron chi connectivity index (χ4n) is 4.29. The molecule has 0 atom stereocenters. The SMILES string of the molecule is CCc1ccc(-c2cc3cc(OCCCCCCCCCOC(=O)C(C)(C)CC)ncc3oc2=O)cc1OC(F)(F)F. The summed E-state index contributed by atoms with van der Waals surface area (Å²) >= 11 is 0. The quantitative estimate of drug-likeness (QED) is 0.122. The van der Waals surface area contributed by atoms with Crippen molar-refractivity contribution in [2.24, 2.45) is 5.41 Å². The number of fused-ring (bicyclic) bond motifs is 1. The number of nitrogens with zero attached hydrogens (tertiary/aromatic N) is 1. The van der Waals surface area contributed by atoms with Crippen molar-refractivity contribution in [1.82, 2.24) is 4.98 Å². The molecule has 0 bridgehead atoms. The zero-order valence-electron chi connectivity index (χ0n) is 24.8. The number of alkyl halides is 3. The lowest BCUT2D eigenvalue weighted by Crippen LogP contribution is -2.26. The summed E-state index contributed by atoms with van der Waals surface area (Å²) in [6.45, 7) is 8.44. The molecular formula is C32H40F3NO6. The molecule has 2 heterocycles. The monoisotopic (exact) mass is 591 g/mol. The van der Waals surface area contributed by atoms with Gasteiger partial charge in [0.1, 0.15) is 5.75 Å². The Hall–Kier alpha value is -3.56. The predicted molar refractivity (Wildman–Crippen MR) is 155 cm³/mol. The Morgan fingerprint density at radius 3 is 2.24 bits per heavy atom. The minimum atomic E-state index is -4.85. The zero-order chi connectivity index (χ0) is 30.8. The molecule has 0 spiro atoms. The van der Waals surface area contributed by atoms with Crippen LogP contribution in [0, 0.1) is 5.41 Å². The molecular weight excluding hydrogens is 551 g/mol. The summed E-state index contributed by atoms with van der Waals surface area (Å²) in [5, 5.41) is 0.538. The third kappa shape index (κ3) is 9.77. The molecule has 3 aromatic rings. The van der Waals surface area contributed by atoms with Gasteiger partial charge in [0.2, 0.25) is 5.88 Å². The standard InChI is InChI=1S/C32H40F3NO6/c1-5-22-14-15-23(19-26(22)42-32(33,34)35)25-18-24-20-28(36-21-27(24)41-29(25)37)39-16-12-10-8-7-9-11-13-17-40-30(38)31(3,4)6-2/h14-15,18-21H,5-13,16-17H2,1-4H3. The van der Waals surface area contributed by atoms with Gasteiger partial charge in [-0.1, -0.05) is 58.1 Å². The largest absolute Gasteiger partial charge is 0.573 e. The van der Waals surface area contributed by atoms with E-state index in [1.807, 2.05) is 20.8 Å². The topological polar surface area (TPSA) is 87.9 Å². The van der Waals surface area contributed by atoms with Crippen molar-refractivity contribution in [2.45, 2.75) is 91.8 Å². The Morgan fingerprint density at radius 1 is 0.929 bits per heavy atom. The van der Waals surface area contributed by atoms with Gasteiger partial charge in [0.05, 0.1) is 30.4 Å². The number of halogens is 3. The van der Waals surface area contributed by atoms with Gasteiger partial charge in [-0.2, -0.15) is 0 Å². The molecule has 0 saturated heterocycles. The normalized spacial score (nSPS) is 12.0. The number of ether oxygens (including phenoxy) is 3. The molecule has 1 aromatic carbocycles. The van der Waals surface area contributed by atoms with E-state index in [0.29, 0.717) is 36.5 Å². The van der Waals surface area contributed by atoms with Gasteiger partial charge in [-0.15, -0.1) is 13.2 Å². The van der Waals surface area contributed by atoms with Crippen molar-refractivity contribution in [3.63, 3.8) is 0 Å². The van der Waals surface area contributed by atoms with Crippen LogP contribution >= 0.6 is 0 Å². The van der Waals surface area contributed by atoms with E-state index < -0.39 is 17.4 Å². The molecule has 10 heteroatoms. The summed E-state index contributed by atoms with van der Waals surface area (Å²) in [7, 11) is 0. The number of carbonyl (C=O) groups is 1. The third-order valence-electron chi connectivity index (χ3n) is 7.29. The summed E-state index contributed by atoms with van der Waals surface area (Å²) in [4.78, 5) is 28.8. The molecule has 230 valence electrons. The van der Waals surface area contributed by atoms with Crippen molar-refractivity contribution < 1.29 is 36.6 Å². The van der Waals surface area contributed by atoms with Gasteiger partial charge < -0.3 is 18.6 Å². The van der Waals surface area contributed by atoms with E-state index in [9.17, 15) is 22.8 Å². The molecule has 0 aliphatic rings. The van der Waals surface area contributed by atoms with Crippen LogP contribution in [0.25, 0.3) is 22.1 Å². The second-order valence-electron chi connectivity index (χ2n) is 10.9. The predicted octanol–water partition coefficient (Wildman–Crippen LogP) is 8.40. The van der Waals surface area contributed by atoms with Crippen molar-refractivity contribution in [3.8, 4) is 22.8 Å². The molecule has 7 nitrogen and oxygen atoms in total. The number of hydrogen-bond donors (Lipinski definition) is 0. The summed E-state index contributed by atoms with van der Waals surface area (Å²) in [6, 6.07) is 7.48. The first-order chi connectivity index (χ1) is 19.9. The number of hydrogen-bond acceptors (Lipinski definition) is 7. The van der Waals surface area contributed by atoms with Crippen LogP contribution in [-0.2, 0) is 16.0 Å². The Bertz CT molecular complexity index is 1380. The number of carbonyl (C=O) groups excluding carboxylic acids is 1. The van der Waals surface area contributed by atoms with Crippen LogP contribution in [0.4, 0.5) is 13.2 Å². The molecule has 2 aromatic heterocycles. The number of benzene rings is 1. The highest BCUT2D eigenvalue weighted by Crippen LogP contribution is 2.32. The fourth-order valence-corrected chi connectivity index (χ4v) is 4.29. The summed E-state index contributed by atoms with van der Waals surface area (Å²) in [6.07, 6.45) is 4.64. The second-order valence-corrected chi connectivity index (χ2v) is 10.9. The van der Waals surface area contributed by atoms with Crippen molar-refractivity contribution in [3.05, 3.63) is 52.5 Å². The van der Waals surface area contributed by atoms with Crippen LogP contribution < -0.4 is 15.1 Å². The molecule has 3 rings (SSSR count). The summed E-state index contributed by atoms with van der Waals surface area (Å²) in [5.41, 5.74) is -0.138. The maximum Gasteiger partial charge on any atom is 0.573 e. The molecule has 0 amide bonds. The molecule has 0 unspecified atom stereocenters. The van der Waals surface area contributed by atoms with Gasteiger partial charge >= 0.3 is 18.0 Å². The van der Waals surface area contributed by atoms with Crippen LogP contribution in [0.2, 0.25) is 0 Å². The lowest BCUT2D eigenvalue weighted by molar-refractivity contribution is -0.274. The minimum Gasteiger partial charge on any atom is -0.478 e. The maximum absolute atomic E-state index is 12.9. The number of rotatable bonds is 16. The Kier molecular flexibility index (Phi) is 11.8. The first kappa shape index (κ1) is 32.9. The smallest absolute Gasteiger partial charge is 0.478 e. The molecule has 0 radical (unpaired) electrons. The van der Waals surface area contributed by atoms with Gasteiger partial charge in [0.15, 0.2) is 5.58 Å². The highest BCUT2D eigenvalue weighted by atomic mass is 19.4. The maximum atomic E-state index is 12.9. The van der Waals surface area contributed by atoms with Crippen LogP contribution in [0.3, 0.4) is 0 Å². The first-order valence-electron chi connectivity index (χ1n) is 14.6. The van der Waals surface area contributed by atoms with Crippen molar-refractivity contribution in [2.75, 3.05) is 13.2 Å². The fraction of sp³-hybridized carbons (Fsp3) is 0.531. The minimum absolute atomic E-state index is 0.109. The van der Waals surface area contributed by atoms with Crippen LogP contribution in [0.5, 0.6) is 11.6 Å². The molecule has 42 heavy (non-hydrogen) atoms. The molecule has 0 aliphatic heterocycles. The Balaban J connectivity index is 1.47. The zero-order valence-corrected chi connectivity index (χ0v) is 24.8. The molecule has 0 aliphatic carbocycles. The van der Waals surface area contributed by atoms with Gasteiger partial charge in [-0.25, -0.2) is 9.78 Å². The van der Waals surface area contributed by atoms with Crippen LogP contribution in [-0.4, -0.2) is 30.5 Å². The van der Waals surface area contributed by atoms with Crippen LogP contribution in [0.1, 0.15) is 84.6 Å². The number of aryl methyl sites for hydroxylation is 1. The Morgan fingerprint density at radius 2 is 1.60 bits per heavy atom. The summed E-state index contributed by atoms with van der Waals surface area (Å²) < 4.78 is 59.4. The van der Waals surface area contributed by atoms with Crippen molar-refractivity contribution in [1.29, 1.82) is 0 Å². The van der Waals surface area contributed by atoms with Gasteiger partial charge in [0.25, 0.3) is 0 Å². The van der Waals surface area contributed by atoms with E-state index in [2.05, 4.69) is 9.72 Å². The van der Waals surface area contributed by atoms with E-state index in [1.165, 1.54) is 18.3 Å². The number of pyridine rings is 1. The van der Waals surface area contributed by atoms with E-state index >= 15 is 0 Å². The number of esters is 1. The highest BCUT2D eigenvalue weighted by molar-refractivity contribution is 5.82. The average Bonchev–Trinajstić information content (AvgIpc) is 2.94. The van der Waals surface area contributed by atoms with Gasteiger partial charge in [0, 0.05) is 11.5 Å². The van der Waals surface area contributed by atoms with E-state index in [4.69, 9.17) is 13.9 Å². The average molecular weight is 592 g/mol. The van der Waals surface area contributed by atoms with Gasteiger partial charge in [-0.3, -0.25) is 4.79 Å². The van der Waals surface area contributed by atoms with Crippen LogP contribution in [0.15, 0.2) is 45.7 Å². The number of unbranched alkanes of at least 4 members (excludes halogenated alkanes) is 6. The number of aromatic nitrogens is 1. The second kappa shape index (κ2) is 15.1. The summed E-state index contributed by atoms with van der Waals surface area (Å²) in [5.74, 6) is -0.116. The van der Waals surface area contributed by atoms with E-state index in [1.54, 1.807) is 25.1 Å². The Labute approximate surface area is 244 Å². The third-order valence-corrected chi connectivity index (χ3v) is 7.29. The lowest BCUT2D eigenvalue weighted by Gasteiger charge is -2.20. The molecule has 0 fully saturated rings. The molecule has 0 N–H and O–H groups in total. The highest BCUT2D eigenvalue weighted by Gasteiger charge is 2.32. The lowest BCUT2D eigenvalue weighted by atomic mass is 9.91. The van der Waals surface area contributed by atoms with Gasteiger partial charge in [-0.05, 0) is 62.8 Å².